The quantitative estimate of drug-likeness (QED) is 0.921. The van der Waals surface area contributed by atoms with Gasteiger partial charge in [-0.25, -0.2) is 4.98 Å². The van der Waals surface area contributed by atoms with Crippen molar-refractivity contribution in [1.29, 1.82) is 0 Å². The zero-order valence-electron chi connectivity index (χ0n) is 8.88. The van der Waals surface area contributed by atoms with Crippen molar-refractivity contribution in [1.82, 2.24) is 10.3 Å². The standard InChI is InChI=1S/C12H11BrN2S/c1-14-12-5-11(12,6-12)10-15-8-4-7(13)2-3-9(8)16-10/h2-4,14H,5-6H2,1H3. The highest BCUT2D eigenvalue weighted by atomic mass is 79.9. The summed E-state index contributed by atoms with van der Waals surface area (Å²) < 4.78 is 2.41. The van der Waals surface area contributed by atoms with Crippen molar-refractivity contribution >= 4 is 37.5 Å². The van der Waals surface area contributed by atoms with E-state index in [1.165, 1.54) is 22.5 Å². The van der Waals surface area contributed by atoms with Crippen molar-refractivity contribution in [3.05, 3.63) is 27.7 Å². The first-order chi connectivity index (χ1) is 7.69. The summed E-state index contributed by atoms with van der Waals surface area (Å²) in [4.78, 5) is 4.79. The molecule has 0 unspecified atom stereocenters. The minimum atomic E-state index is 0.401. The van der Waals surface area contributed by atoms with Gasteiger partial charge in [0.15, 0.2) is 0 Å². The lowest BCUT2D eigenvalue weighted by Crippen LogP contribution is -2.16. The summed E-state index contributed by atoms with van der Waals surface area (Å²) >= 11 is 5.35. The molecule has 82 valence electrons. The van der Waals surface area contributed by atoms with E-state index in [2.05, 4.69) is 46.5 Å². The van der Waals surface area contributed by atoms with Gasteiger partial charge in [0.05, 0.1) is 10.2 Å². The van der Waals surface area contributed by atoms with Gasteiger partial charge in [-0.2, -0.15) is 0 Å². The Labute approximate surface area is 106 Å². The molecule has 2 fully saturated rings. The predicted molar refractivity (Wildman–Crippen MR) is 70.0 cm³/mol. The van der Waals surface area contributed by atoms with Gasteiger partial charge in [-0.3, -0.25) is 0 Å². The Morgan fingerprint density at radius 3 is 2.94 bits per heavy atom. The van der Waals surface area contributed by atoms with Crippen molar-refractivity contribution in [3.63, 3.8) is 0 Å². The zero-order valence-corrected chi connectivity index (χ0v) is 11.3. The van der Waals surface area contributed by atoms with Crippen LogP contribution in [0.2, 0.25) is 0 Å². The van der Waals surface area contributed by atoms with Gasteiger partial charge in [0.25, 0.3) is 0 Å². The van der Waals surface area contributed by atoms with Gasteiger partial charge in [0, 0.05) is 15.4 Å². The van der Waals surface area contributed by atoms with E-state index >= 15 is 0 Å². The van der Waals surface area contributed by atoms with E-state index in [-0.39, 0.29) is 0 Å². The second kappa shape index (κ2) is 2.68. The topological polar surface area (TPSA) is 24.9 Å². The van der Waals surface area contributed by atoms with Crippen LogP contribution in [0.3, 0.4) is 0 Å². The minimum absolute atomic E-state index is 0.401. The van der Waals surface area contributed by atoms with Gasteiger partial charge in [-0.1, -0.05) is 15.9 Å². The van der Waals surface area contributed by atoms with E-state index in [0.29, 0.717) is 11.0 Å². The maximum atomic E-state index is 4.79. The Hall–Kier alpha value is -0.450. The normalized spacial score (nSPS) is 35.1. The molecular weight excluding hydrogens is 284 g/mol. The molecule has 4 heteroatoms. The van der Waals surface area contributed by atoms with E-state index in [4.69, 9.17) is 4.98 Å². The first kappa shape index (κ1) is 9.57. The van der Waals surface area contributed by atoms with Crippen LogP contribution in [0.4, 0.5) is 0 Å². The highest BCUT2D eigenvalue weighted by Crippen LogP contribution is 2.78. The van der Waals surface area contributed by atoms with Crippen molar-refractivity contribution < 1.29 is 0 Å². The average molecular weight is 295 g/mol. The third-order valence-electron chi connectivity index (χ3n) is 4.11. The molecule has 2 aromatic rings. The SMILES string of the molecule is CNC12CC1(c1nc3cc(Br)ccc3s1)C2. The molecule has 0 amide bonds. The monoisotopic (exact) mass is 294 g/mol. The molecular formula is C12H11BrN2S. The van der Waals surface area contributed by atoms with Crippen molar-refractivity contribution in [2.24, 2.45) is 0 Å². The van der Waals surface area contributed by atoms with Crippen LogP contribution in [-0.2, 0) is 5.41 Å². The summed E-state index contributed by atoms with van der Waals surface area (Å²) in [7, 11) is 2.07. The van der Waals surface area contributed by atoms with Crippen molar-refractivity contribution in [3.8, 4) is 0 Å². The second-order valence-electron chi connectivity index (χ2n) is 4.90. The molecule has 1 heterocycles. The maximum absolute atomic E-state index is 4.79. The number of hydrogen-bond donors (Lipinski definition) is 1. The van der Waals surface area contributed by atoms with Gasteiger partial charge in [-0.05, 0) is 38.1 Å². The number of rotatable bonds is 2. The molecule has 2 saturated carbocycles. The molecule has 1 aromatic heterocycles. The minimum Gasteiger partial charge on any atom is -0.313 e. The lowest BCUT2D eigenvalue weighted by Gasteiger charge is -1.94. The van der Waals surface area contributed by atoms with Crippen LogP contribution in [0.15, 0.2) is 22.7 Å². The Balaban J connectivity index is 1.84. The van der Waals surface area contributed by atoms with Crippen LogP contribution < -0.4 is 5.32 Å². The fourth-order valence-corrected chi connectivity index (χ4v) is 4.35. The number of fused-ring (bicyclic) bond motifs is 2. The number of nitrogens with zero attached hydrogens (tertiary/aromatic N) is 1. The average Bonchev–Trinajstić information content (AvgIpc) is 3.01. The number of nitrogens with one attached hydrogen (secondary N) is 1. The van der Waals surface area contributed by atoms with Crippen LogP contribution in [0.5, 0.6) is 0 Å². The molecule has 1 N–H and O–H groups in total. The predicted octanol–water partition coefficient (Wildman–Crippen LogP) is 3.06. The Morgan fingerprint density at radius 1 is 1.44 bits per heavy atom. The molecule has 2 aliphatic carbocycles. The van der Waals surface area contributed by atoms with Crippen LogP contribution in [-0.4, -0.2) is 17.6 Å². The lowest BCUT2D eigenvalue weighted by molar-refractivity contribution is 0.661. The van der Waals surface area contributed by atoms with Crippen molar-refractivity contribution in [2.75, 3.05) is 7.05 Å². The van der Waals surface area contributed by atoms with Gasteiger partial charge in [-0.15, -0.1) is 11.3 Å². The van der Waals surface area contributed by atoms with Gasteiger partial charge >= 0.3 is 0 Å². The molecule has 0 bridgehead atoms. The second-order valence-corrected chi connectivity index (χ2v) is 6.85. The summed E-state index contributed by atoms with van der Waals surface area (Å²) in [5, 5.41) is 4.77. The van der Waals surface area contributed by atoms with Gasteiger partial charge in [0.2, 0.25) is 0 Å². The number of halogens is 1. The third-order valence-corrected chi connectivity index (χ3v) is 5.84. The molecule has 1 aromatic carbocycles. The zero-order chi connectivity index (χ0) is 11.0. The summed E-state index contributed by atoms with van der Waals surface area (Å²) in [5.74, 6) is 0. The van der Waals surface area contributed by atoms with E-state index in [1.807, 2.05) is 11.3 Å². The van der Waals surface area contributed by atoms with Gasteiger partial charge < -0.3 is 5.32 Å². The molecule has 0 atom stereocenters. The summed E-state index contributed by atoms with van der Waals surface area (Å²) in [6.07, 6.45) is 2.55. The van der Waals surface area contributed by atoms with Gasteiger partial charge in [0.1, 0.15) is 5.01 Å². The summed E-state index contributed by atoms with van der Waals surface area (Å²) in [5.41, 5.74) is 1.95. The first-order valence-electron chi connectivity index (χ1n) is 5.45. The Morgan fingerprint density at radius 2 is 2.25 bits per heavy atom. The Kier molecular flexibility index (Phi) is 1.60. The molecule has 0 radical (unpaired) electrons. The number of likely N-dealkylation sites (N-methyl/N-ethyl adjacent to an activating group) is 1. The molecule has 0 saturated heterocycles. The summed E-state index contributed by atoms with van der Waals surface area (Å²) in [6.45, 7) is 0. The van der Waals surface area contributed by atoms with E-state index in [0.717, 1.165) is 9.99 Å². The highest BCUT2D eigenvalue weighted by molar-refractivity contribution is 9.10. The third kappa shape index (κ3) is 0.985. The molecule has 4 rings (SSSR count). The number of hydrogen-bond acceptors (Lipinski definition) is 3. The smallest absolute Gasteiger partial charge is 0.102 e. The maximum Gasteiger partial charge on any atom is 0.102 e. The summed E-state index contributed by atoms with van der Waals surface area (Å²) in [6, 6.07) is 6.36. The number of benzene rings is 1. The molecule has 2 aliphatic rings. The lowest BCUT2D eigenvalue weighted by atomic mass is 10.2. The van der Waals surface area contributed by atoms with E-state index in [9.17, 15) is 0 Å². The first-order valence-corrected chi connectivity index (χ1v) is 7.06. The van der Waals surface area contributed by atoms with Crippen LogP contribution in [0.1, 0.15) is 17.8 Å². The van der Waals surface area contributed by atoms with Crippen LogP contribution in [0.25, 0.3) is 10.2 Å². The molecule has 0 aliphatic heterocycles. The van der Waals surface area contributed by atoms with E-state index < -0.39 is 0 Å². The van der Waals surface area contributed by atoms with Crippen molar-refractivity contribution in [2.45, 2.75) is 23.8 Å². The molecule has 16 heavy (non-hydrogen) atoms. The molecule has 2 nitrogen and oxygen atoms in total. The highest BCUT2D eigenvalue weighted by Gasteiger charge is 2.84. The van der Waals surface area contributed by atoms with Crippen LogP contribution in [0, 0.1) is 0 Å². The Bertz CT molecular complexity index is 598. The fraction of sp³-hybridized carbons (Fsp3) is 0.417. The largest absolute Gasteiger partial charge is 0.313 e. The molecule has 0 spiro atoms. The van der Waals surface area contributed by atoms with E-state index in [1.54, 1.807) is 0 Å². The fourth-order valence-electron chi connectivity index (χ4n) is 2.77. The number of thiazole rings is 1. The van der Waals surface area contributed by atoms with Crippen LogP contribution >= 0.6 is 27.3 Å². The number of aromatic nitrogens is 1.